The van der Waals surface area contributed by atoms with Gasteiger partial charge in [0.2, 0.25) is 0 Å². The lowest BCUT2D eigenvalue weighted by molar-refractivity contribution is 0.0718. The van der Waals surface area contributed by atoms with Gasteiger partial charge in [0.05, 0.1) is 24.7 Å². The average Bonchev–Trinajstić information content (AvgIpc) is 2.68. The van der Waals surface area contributed by atoms with Gasteiger partial charge in [0.25, 0.3) is 11.5 Å². The molecule has 0 bridgehead atoms. The second-order valence-electron chi connectivity index (χ2n) is 7.44. The first-order valence-corrected chi connectivity index (χ1v) is 9.44. The molecule has 5 nitrogen and oxygen atoms in total. The number of carbonyl (C=O) groups excluding carboxylic acids is 1. The van der Waals surface area contributed by atoms with Crippen molar-refractivity contribution in [2.24, 2.45) is 5.92 Å². The van der Waals surface area contributed by atoms with Crippen molar-refractivity contribution in [3.63, 3.8) is 0 Å². The molecule has 0 aliphatic carbocycles. The number of para-hydroxylation sites is 2. The zero-order chi connectivity index (χ0) is 20.3. The molecule has 1 N–H and O–H groups in total. The fourth-order valence-corrected chi connectivity index (χ4v) is 3.40. The maximum Gasteiger partial charge on any atom is 0.257 e. The van der Waals surface area contributed by atoms with E-state index in [9.17, 15) is 9.59 Å². The Balaban J connectivity index is 1.99. The second kappa shape index (κ2) is 8.30. The number of nitrogens with zero attached hydrogens (tertiary/aromatic N) is 1. The van der Waals surface area contributed by atoms with E-state index >= 15 is 0 Å². The van der Waals surface area contributed by atoms with Crippen LogP contribution in [0.4, 0.5) is 0 Å². The Morgan fingerprint density at radius 1 is 1.14 bits per heavy atom. The number of aromatic nitrogens is 1. The van der Waals surface area contributed by atoms with Crippen molar-refractivity contribution in [2.45, 2.75) is 27.3 Å². The summed E-state index contributed by atoms with van der Waals surface area (Å²) < 4.78 is 5.35. The first-order chi connectivity index (χ1) is 13.4. The molecule has 0 saturated carbocycles. The van der Waals surface area contributed by atoms with E-state index in [4.69, 9.17) is 4.74 Å². The molecule has 1 amide bonds. The van der Waals surface area contributed by atoms with Crippen LogP contribution in [-0.2, 0) is 6.54 Å². The van der Waals surface area contributed by atoms with Gasteiger partial charge < -0.3 is 14.6 Å². The van der Waals surface area contributed by atoms with E-state index in [1.165, 1.54) is 0 Å². The molecule has 5 heteroatoms. The maximum atomic E-state index is 13.2. The van der Waals surface area contributed by atoms with Crippen LogP contribution in [0, 0.1) is 12.8 Å². The highest BCUT2D eigenvalue weighted by molar-refractivity contribution is 5.97. The van der Waals surface area contributed by atoms with Crippen LogP contribution < -0.4 is 10.3 Å². The number of fused-ring (bicyclic) bond motifs is 1. The van der Waals surface area contributed by atoms with E-state index in [0.717, 1.165) is 16.5 Å². The van der Waals surface area contributed by atoms with Gasteiger partial charge in [-0.05, 0) is 42.0 Å². The predicted molar refractivity (Wildman–Crippen MR) is 112 cm³/mol. The van der Waals surface area contributed by atoms with Crippen molar-refractivity contribution in [1.29, 1.82) is 0 Å². The van der Waals surface area contributed by atoms with Crippen LogP contribution in [0.5, 0.6) is 5.75 Å². The van der Waals surface area contributed by atoms with Crippen LogP contribution in [0.15, 0.2) is 53.3 Å². The molecular weight excluding hydrogens is 352 g/mol. The summed E-state index contributed by atoms with van der Waals surface area (Å²) in [6.45, 7) is 6.86. The van der Waals surface area contributed by atoms with Gasteiger partial charge in [-0.3, -0.25) is 9.59 Å². The van der Waals surface area contributed by atoms with Gasteiger partial charge in [-0.25, -0.2) is 0 Å². The van der Waals surface area contributed by atoms with Crippen molar-refractivity contribution in [3.05, 3.63) is 75.6 Å². The summed E-state index contributed by atoms with van der Waals surface area (Å²) >= 11 is 0. The van der Waals surface area contributed by atoms with E-state index in [1.807, 2.05) is 43.3 Å². The topological polar surface area (TPSA) is 62.4 Å². The minimum Gasteiger partial charge on any atom is -0.496 e. The molecule has 1 aromatic heterocycles. The number of aryl methyl sites for hydroxylation is 1. The number of benzene rings is 2. The third-order valence-electron chi connectivity index (χ3n) is 4.74. The van der Waals surface area contributed by atoms with E-state index in [2.05, 4.69) is 18.8 Å². The van der Waals surface area contributed by atoms with Gasteiger partial charge >= 0.3 is 0 Å². The van der Waals surface area contributed by atoms with Crippen molar-refractivity contribution in [3.8, 4) is 5.75 Å². The number of methoxy groups -OCH3 is 1. The highest BCUT2D eigenvalue weighted by atomic mass is 16.5. The van der Waals surface area contributed by atoms with E-state index in [-0.39, 0.29) is 23.9 Å². The van der Waals surface area contributed by atoms with Crippen LogP contribution in [0.3, 0.4) is 0 Å². The Hall–Kier alpha value is -3.08. The monoisotopic (exact) mass is 378 g/mol. The van der Waals surface area contributed by atoms with Gasteiger partial charge in [-0.2, -0.15) is 0 Å². The Kier molecular flexibility index (Phi) is 5.83. The fraction of sp³-hybridized carbons (Fsp3) is 0.304. The summed E-state index contributed by atoms with van der Waals surface area (Å²) in [5, 5.41) is 0.962. The maximum absolute atomic E-state index is 13.2. The Bertz CT molecular complexity index is 1050. The van der Waals surface area contributed by atoms with Gasteiger partial charge in [0, 0.05) is 12.1 Å². The number of aromatic amines is 1. The van der Waals surface area contributed by atoms with Crippen molar-refractivity contribution in [2.75, 3.05) is 13.7 Å². The minimum atomic E-state index is -0.164. The van der Waals surface area contributed by atoms with E-state index < -0.39 is 0 Å². The van der Waals surface area contributed by atoms with Crippen LogP contribution >= 0.6 is 0 Å². The molecule has 0 radical (unpaired) electrons. The quantitative estimate of drug-likeness (QED) is 0.701. The normalized spacial score (nSPS) is 11.0. The number of hydrogen-bond donors (Lipinski definition) is 1. The van der Waals surface area contributed by atoms with Crippen molar-refractivity contribution >= 4 is 16.8 Å². The zero-order valence-corrected chi connectivity index (χ0v) is 16.8. The van der Waals surface area contributed by atoms with Gasteiger partial charge in [0.15, 0.2) is 0 Å². The van der Waals surface area contributed by atoms with Crippen molar-refractivity contribution < 1.29 is 9.53 Å². The summed E-state index contributed by atoms with van der Waals surface area (Å²) in [5.74, 6) is 0.652. The van der Waals surface area contributed by atoms with Crippen molar-refractivity contribution in [1.82, 2.24) is 9.88 Å². The second-order valence-corrected chi connectivity index (χ2v) is 7.44. The molecule has 1 heterocycles. The molecule has 0 unspecified atom stereocenters. The minimum absolute atomic E-state index is 0.144. The fourth-order valence-electron chi connectivity index (χ4n) is 3.40. The van der Waals surface area contributed by atoms with E-state index in [0.29, 0.717) is 23.4 Å². The summed E-state index contributed by atoms with van der Waals surface area (Å²) in [6, 6.07) is 14.9. The van der Waals surface area contributed by atoms with E-state index in [1.54, 1.807) is 24.1 Å². The Labute approximate surface area is 165 Å². The number of rotatable bonds is 6. The lowest BCUT2D eigenvalue weighted by atomic mass is 10.1. The molecule has 0 fully saturated rings. The summed E-state index contributed by atoms with van der Waals surface area (Å²) in [5.41, 5.74) is 2.76. The molecule has 28 heavy (non-hydrogen) atoms. The number of hydrogen-bond acceptors (Lipinski definition) is 3. The number of H-pyrrole nitrogens is 1. The lowest BCUT2D eigenvalue weighted by Gasteiger charge is -2.25. The number of carbonyl (C=O) groups is 1. The molecule has 2 aromatic carbocycles. The first-order valence-electron chi connectivity index (χ1n) is 9.44. The molecule has 146 valence electrons. The number of ether oxygens (including phenoxy) is 1. The molecule has 0 aliphatic rings. The van der Waals surface area contributed by atoms with Crippen LogP contribution in [0.25, 0.3) is 10.9 Å². The number of nitrogens with one attached hydrogen (secondary N) is 1. The highest BCUT2D eigenvalue weighted by Crippen LogP contribution is 2.22. The van der Waals surface area contributed by atoms with Gasteiger partial charge in [0.1, 0.15) is 5.75 Å². The largest absolute Gasteiger partial charge is 0.496 e. The standard InChI is InChI=1S/C23H26N2O3/c1-15(2)13-25(23(27)19-10-5-6-11-20(19)28-4)14-18-12-17-9-7-8-16(3)21(17)24-22(18)26/h5-12,15H,13-14H2,1-4H3,(H,24,26). The van der Waals surface area contributed by atoms with Gasteiger partial charge in [-0.15, -0.1) is 0 Å². The number of pyridine rings is 1. The van der Waals surface area contributed by atoms with Crippen LogP contribution in [0.2, 0.25) is 0 Å². The Morgan fingerprint density at radius 2 is 1.89 bits per heavy atom. The SMILES string of the molecule is COc1ccccc1C(=O)N(Cc1cc2cccc(C)c2[nH]c1=O)CC(C)C. The van der Waals surface area contributed by atoms with Crippen LogP contribution in [0.1, 0.15) is 35.3 Å². The molecule has 3 rings (SSSR count). The predicted octanol–water partition coefficient (Wildman–Crippen LogP) is 4.14. The smallest absolute Gasteiger partial charge is 0.257 e. The average molecular weight is 378 g/mol. The third-order valence-corrected chi connectivity index (χ3v) is 4.74. The third kappa shape index (κ3) is 4.09. The van der Waals surface area contributed by atoms with Crippen LogP contribution in [-0.4, -0.2) is 29.4 Å². The Morgan fingerprint density at radius 3 is 2.61 bits per heavy atom. The summed E-state index contributed by atoms with van der Waals surface area (Å²) in [4.78, 5) is 30.6. The molecule has 0 aliphatic heterocycles. The first kappa shape index (κ1) is 19.7. The summed E-state index contributed by atoms with van der Waals surface area (Å²) in [6.07, 6.45) is 0. The summed E-state index contributed by atoms with van der Waals surface area (Å²) in [7, 11) is 1.55. The molecule has 0 spiro atoms. The lowest BCUT2D eigenvalue weighted by Crippen LogP contribution is -2.35. The molecular formula is C23H26N2O3. The van der Waals surface area contributed by atoms with Gasteiger partial charge in [-0.1, -0.05) is 44.2 Å². The molecule has 0 atom stereocenters. The molecule has 3 aromatic rings. The molecule has 0 saturated heterocycles. The highest BCUT2D eigenvalue weighted by Gasteiger charge is 2.21. The number of amides is 1. The zero-order valence-electron chi connectivity index (χ0n) is 16.8.